The Hall–Kier alpha value is -1.57. The summed E-state index contributed by atoms with van der Waals surface area (Å²) in [7, 11) is 0. The van der Waals surface area contributed by atoms with Gasteiger partial charge in [0.25, 0.3) is 5.22 Å². The van der Waals surface area contributed by atoms with E-state index in [1.807, 2.05) is 32.0 Å². The molecule has 0 bridgehead atoms. The molecule has 1 aromatic heterocycles. The summed E-state index contributed by atoms with van der Waals surface area (Å²) in [4.78, 5) is 12.0. The van der Waals surface area contributed by atoms with Gasteiger partial charge in [0.15, 0.2) is 0 Å². The maximum atomic E-state index is 12.0. The molecule has 1 heterocycles. The summed E-state index contributed by atoms with van der Waals surface area (Å²) in [6, 6.07) is 5.57. The fourth-order valence-electron chi connectivity index (χ4n) is 1.78. The Labute approximate surface area is 139 Å². The number of nitrogens with zero attached hydrogens (tertiary/aromatic N) is 2. The maximum Gasteiger partial charge on any atom is 0.277 e. The predicted octanol–water partition coefficient (Wildman–Crippen LogP) is 2.86. The van der Waals surface area contributed by atoms with Crippen LogP contribution in [-0.4, -0.2) is 21.9 Å². The van der Waals surface area contributed by atoms with Crippen LogP contribution < -0.4 is 11.1 Å². The Morgan fingerprint density at radius 1 is 1.36 bits per heavy atom. The van der Waals surface area contributed by atoms with Crippen molar-refractivity contribution in [3.63, 3.8) is 0 Å². The van der Waals surface area contributed by atoms with E-state index in [4.69, 9.17) is 10.2 Å². The van der Waals surface area contributed by atoms with Crippen molar-refractivity contribution < 1.29 is 9.21 Å². The van der Waals surface area contributed by atoms with Gasteiger partial charge in [0.2, 0.25) is 11.8 Å². The number of para-hydroxylation sites is 1. The number of aryl methyl sites for hydroxylation is 2. The van der Waals surface area contributed by atoms with E-state index in [0.717, 1.165) is 16.8 Å². The van der Waals surface area contributed by atoms with Crippen molar-refractivity contribution in [2.75, 3.05) is 11.1 Å². The van der Waals surface area contributed by atoms with Crippen LogP contribution in [0.15, 0.2) is 27.8 Å². The third-order valence-corrected chi connectivity index (χ3v) is 3.70. The Kier molecular flexibility index (Phi) is 6.86. The minimum absolute atomic E-state index is 0. The molecule has 1 unspecified atom stereocenters. The molecule has 2 rings (SSSR count). The first-order chi connectivity index (χ1) is 9.97. The van der Waals surface area contributed by atoms with E-state index in [1.54, 1.807) is 6.92 Å². The molecule has 1 amide bonds. The van der Waals surface area contributed by atoms with Gasteiger partial charge >= 0.3 is 0 Å². The van der Waals surface area contributed by atoms with Crippen LogP contribution in [0.4, 0.5) is 5.69 Å². The summed E-state index contributed by atoms with van der Waals surface area (Å²) < 4.78 is 5.33. The SMILES string of the molecule is Cc1cccc(C)c1NC(=O)CSc1nnc(C(C)N)o1.Cl. The van der Waals surface area contributed by atoms with Crippen LogP contribution in [0, 0.1) is 13.8 Å². The van der Waals surface area contributed by atoms with Crippen LogP contribution in [0.5, 0.6) is 0 Å². The number of hydrogen-bond acceptors (Lipinski definition) is 6. The first-order valence-corrected chi connectivity index (χ1v) is 7.53. The molecule has 120 valence electrons. The normalized spacial score (nSPS) is 11.6. The van der Waals surface area contributed by atoms with Crippen LogP contribution in [0.2, 0.25) is 0 Å². The lowest BCUT2D eigenvalue weighted by molar-refractivity contribution is -0.113. The summed E-state index contributed by atoms with van der Waals surface area (Å²) in [5, 5.41) is 10.9. The molecule has 0 radical (unpaired) electrons. The zero-order valence-corrected chi connectivity index (χ0v) is 14.3. The Bertz CT molecular complexity index is 625. The summed E-state index contributed by atoms with van der Waals surface area (Å²) in [6.07, 6.45) is 0. The molecule has 3 N–H and O–H groups in total. The minimum Gasteiger partial charge on any atom is -0.414 e. The van der Waals surface area contributed by atoms with Gasteiger partial charge in [-0.3, -0.25) is 4.79 Å². The number of anilines is 1. The Morgan fingerprint density at radius 3 is 2.55 bits per heavy atom. The Balaban J connectivity index is 0.00000242. The molecule has 0 spiro atoms. The van der Waals surface area contributed by atoms with Gasteiger partial charge in [-0.1, -0.05) is 30.0 Å². The van der Waals surface area contributed by atoms with Crippen LogP contribution in [0.1, 0.15) is 30.0 Å². The van der Waals surface area contributed by atoms with Crippen molar-refractivity contribution in [1.29, 1.82) is 0 Å². The van der Waals surface area contributed by atoms with E-state index >= 15 is 0 Å². The molecule has 6 nitrogen and oxygen atoms in total. The van der Waals surface area contributed by atoms with Crippen molar-refractivity contribution in [3.8, 4) is 0 Å². The average Bonchev–Trinajstić information content (AvgIpc) is 2.90. The van der Waals surface area contributed by atoms with Gasteiger partial charge in [0.1, 0.15) is 0 Å². The number of hydrogen-bond donors (Lipinski definition) is 2. The van der Waals surface area contributed by atoms with Gasteiger partial charge in [-0.05, 0) is 31.9 Å². The molecule has 0 saturated carbocycles. The summed E-state index contributed by atoms with van der Waals surface area (Å²) in [5.74, 6) is 0.458. The number of benzene rings is 1. The molecule has 0 aliphatic carbocycles. The number of amides is 1. The van der Waals surface area contributed by atoms with Crippen molar-refractivity contribution >= 4 is 35.8 Å². The number of nitrogens with one attached hydrogen (secondary N) is 1. The van der Waals surface area contributed by atoms with Gasteiger partial charge in [-0.2, -0.15) is 0 Å². The number of nitrogens with two attached hydrogens (primary N) is 1. The quantitative estimate of drug-likeness (QED) is 0.811. The maximum absolute atomic E-state index is 12.0. The first kappa shape index (κ1) is 18.5. The van der Waals surface area contributed by atoms with Gasteiger partial charge in [0.05, 0.1) is 11.8 Å². The number of rotatable bonds is 5. The van der Waals surface area contributed by atoms with Crippen molar-refractivity contribution in [1.82, 2.24) is 10.2 Å². The first-order valence-electron chi connectivity index (χ1n) is 6.55. The second-order valence-electron chi connectivity index (χ2n) is 4.80. The van der Waals surface area contributed by atoms with Crippen LogP contribution in [0.3, 0.4) is 0 Å². The molecular weight excluding hydrogens is 324 g/mol. The molecular formula is C14H19ClN4O2S. The van der Waals surface area contributed by atoms with E-state index in [2.05, 4.69) is 15.5 Å². The molecule has 1 atom stereocenters. The van der Waals surface area contributed by atoms with Crippen LogP contribution in [0.25, 0.3) is 0 Å². The van der Waals surface area contributed by atoms with Gasteiger partial charge in [0, 0.05) is 5.69 Å². The molecule has 8 heteroatoms. The average molecular weight is 343 g/mol. The largest absolute Gasteiger partial charge is 0.414 e. The molecule has 22 heavy (non-hydrogen) atoms. The smallest absolute Gasteiger partial charge is 0.277 e. The third kappa shape index (κ3) is 4.72. The topological polar surface area (TPSA) is 94.0 Å². The monoisotopic (exact) mass is 342 g/mol. The van der Waals surface area contributed by atoms with Crippen molar-refractivity contribution in [3.05, 3.63) is 35.2 Å². The van der Waals surface area contributed by atoms with E-state index in [0.29, 0.717) is 11.1 Å². The van der Waals surface area contributed by atoms with Crippen molar-refractivity contribution in [2.24, 2.45) is 5.73 Å². The second kappa shape index (κ2) is 8.17. The molecule has 0 aliphatic rings. The van der Waals surface area contributed by atoms with Crippen LogP contribution >= 0.6 is 24.2 Å². The summed E-state index contributed by atoms with van der Waals surface area (Å²) in [6.45, 7) is 5.68. The molecule has 0 aliphatic heterocycles. The van der Waals surface area contributed by atoms with Crippen molar-refractivity contribution in [2.45, 2.75) is 32.0 Å². The Morgan fingerprint density at radius 2 is 2.00 bits per heavy atom. The highest BCUT2D eigenvalue weighted by Crippen LogP contribution is 2.21. The summed E-state index contributed by atoms with van der Waals surface area (Å²) >= 11 is 1.19. The number of carbonyl (C=O) groups excluding carboxylic acids is 1. The fourth-order valence-corrected chi connectivity index (χ4v) is 2.35. The number of aromatic nitrogens is 2. The van der Waals surface area contributed by atoms with E-state index in [9.17, 15) is 4.79 Å². The van der Waals surface area contributed by atoms with Gasteiger partial charge in [-0.25, -0.2) is 0 Å². The molecule has 1 aromatic carbocycles. The second-order valence-corrected chi connectivity index (χ2v) is 5.73. The standard InChI is InChI=1S/C14H18N4O2S.ClH/c1-8-5-4-6-9(2)12(8)16-11(19)7-21-14-18-17-13(20-14)10(3)15;/h4-6,10H,7,15H2,1-3H3,(H,16,19);1H. The highest BCUT2D eigenvalue weighted by Gasteiger charge is 2.13. The minimum atomic E-state index is -0.310. The highest BCUT2D eigenvalue weighted by atomic mass is 35.5. The zero-order valence-electron chi connectivity index (χ0n) is 12.6. The lowest BCUT2D eigenvalue weighted by Crippen LogP contribution is -2.15. The molecule has 2 aromatic rings. The number of halogens is 1. The van der Waals surface area contributed by atoms with E-state index in [-0.39, 0.29) is 30.1 Å². The third-order valence-electron chi connectivity index (χ3n) is 2.88. The summed E-state index contributed by atoms with van der Waals surface area (Å²) in [5.41, 5.74) is 8.55. The molecule has 0 saturated heterocycles. The fraction of sp³-hybridized carbons (Fsp3) is 0.357. The van der Waals surface area contributed by atoms with Crippen LogP contribution in [-0.2, 0) is 4.79 Å². The lowest BCUT2D eigenvalue weighted by Gasteiger charge is -2.10. The van der Waals surface area contributed by atoms with E-state index < -0.39 is 0 Å². The highest BCUT2D eigenvalue weighted by molar-refractivity contribution is 7.99. The zero-order chi connectivity index (χ0) is 15.4. The van der Waals surface area contributed by atoms with Gasteiger partial charge < -0.3 is 15.5 Å². The lowest BCUT2D eigenvalue weighted by atomic mass is 10.1. The number of thioether (sulfide) groups is 1. The predicted molar refractivity (Wildman–Crippen MR) is 89.4 cm³/mol. The van der Waals surface area contributed by atoms with Gasteiger partial charge in [-0.15, -0.1) is 22.6 Å². The number of carbonyl (C=O) groups is 1. The molecule has 0 fully saturated rings. The van der Waals surface area contributed by atoms with E-state index in [1.165, 1.54) is 11.8 Å².